The summed E-state index contributed by atoms with van der Waals surface area (Å²) in [6.45, 7) is 1.09. The summed E-state index contributed by atoms with van der Waals surface area (Å²) in [4.78, 5) is 0. The van der Waals surface area contributed by atoms with Crippen LogP contribution in [-0.4, -0.2) is 21.1 Å². The lowest BCUT2D eigenvalue weighted by Gasteiger charge is -2.11. The van der Waals surface area contributed by atoms with Gasteiger partial charge >= 0.3 is 0 Å². The fourth-order valence-corrected chi connectivity index (χ4v) is 3.01. The summed E-state index contributed by atoms with van der Waals surface area (Å²) in [5, 5.41) is 5.97. The molecule has 0 unspecified atom stereocenters. The molecule has 3 nitrogen and oxygen atoms in total. The molecule has 1 saturated carbocycles. The average molecular weight is 223 g/mol. The molecule has 1 fully saturated rings. The van der Waals surface area contributed by atoms with Crippen LogP contribution in [0, 0.1) is 0 Å². The van der Waals surface area contributed by atoms with E-state index in [1.165, 1.54) is 35.7 Å². The molecule has 0 radical (unpaired) electrons. The van der Waals surface area contributed by atoms with Crippen molar-refractivity contribution in [1.29, 1.82) is 0 Å². The first-order valence-corrected chi connectivity index (χ1v) is 6.72. The van der Waals surface area contributed by atoms with Crippen molar-refractivity contribution in [2.75, 3.05) is 5.75 Å². The van der Waals surface area contributed by atoms with Gasteiger partial charge in [0.25, 0.3) is 0 Å². The number of hydrogen-bond donors (Lipinski definition) is 1. The molecule has 15 heavy (non-hydrogen) atoms. The van der Waals surface area contributed by atoms with Gasteiger partial charge in [-0.15, -0.1) is 11.8 Å². The van der Waals surface area contributed by atoms with E-state index in [2.05, 4.69) is 15.8 Å². The van der Waals surface area contributed by atoms with Crippen LogP contribution in [0.25, 0.3) is 0 Å². The van der Waals surface area contributed by atoms with E-state index in [0.717, 1.165) is 19.4 Å². The Balaban J connectivity index is 1.67. The van der Waals surface area contributed by atoms with E-state index in [1.807, 2.05) is 11.8 Å². The fraction of sp³-hybridized carbons (Fsp3) is 0.727. The lowest BCUT2D eigenvalue weighted by molar-refractivity contribution is 0.535. The zero-order valence-corrected chi connectivity index (χ0v) is 9.72. The molecule has 0 saturated heterocycles. The highest BCUT2D eigenvalue weighted by Gasteiger charge is 2.37. The minimum absolute atomic E-state index is 0.164. The summed E-state index contributed by atoms with van der Waals surface area (Å²) in [6, 6.07) is 2.25. The minimum Gasteiger partial charge on any atom is -0.325 e. The van der Waals surface area contributed by atoms with Crippen LogP contribution >= 0.6 is 11.8 Å². The second-order valence-electron chi connectivity index (χ2n) is 4.76. The molecule has 1 aromatic heterocycles. The first-order valence-electron chi connectivity index (χ1n) is 5.74. The Hall–Kier alpha value is -0.480. The van der Waals surface area contributed by atoms with Crippen LogP contribution in [0.2, 0.25) is 0 Å². The summed E-state index contributed by atoms with van der Waals surface area (Å²) in [5.41, 5.74) is 7.47. The summed E-state index contributed by atoms with van der Waals surface area (Å²) in [6.07, 6.45) is 5.81. The first-order chi connectivity index (χ1) is 7.25. The van der Waals surface area contributed by atoms with Crippen molar-refractivity contribution >= 4 is 11.8 Å². The number of nitrogens with two attached hydrogens (primary N) is 1. The van der Waals surface area contributed by atoms with Gasteiger partial charge in [-0.2, -0.15) is 5.10 Å². The molecule has 0 aromatic carbocycles. The van der Waals surface area contributed by atoms with Crippen LogP contribution < -0.4 is 5.73 Å². The number of aryl methyl sites for hydroxylation is 2. The van der Waals surface area contributed by atoms with Crippen molar-refractivity contribution in [1.82, 2.24) is 9.78 Å². The molecule has 4 heteroatoms. The highest BCUT2D eigenvalue weighted by Crippen LogP contribution is 2.36. The molecular formula is C11H17N3S. The van der Waals surface area contributed by atoms with E-state index in [1.54, 1.807) is 0 Å². The largest absolute Gasteiger partial charge is 0.325 e. The number of fused-ring (bicyclic) bond motifs is 1. The predicted molar refractivity (Wildman–Crippen MR) is 62.0 cm³/mol. The van der Waals surface area contributed by atoms with E-state index in [9.17, 15) is 0 Å². The second-order valence-corrected chi connectivity index (χ2v) is 5.88. The highest BCUT2D eigenvalue weighted by molar-refractivity contribution is 7.99. The smallest absolute Gasteiger partial charge is 0.0942 e. The lowest BCUT2D eigenvalue weighted by atomic mass is 10.1. The van der Waals surface area contributed by atoms with Crippen molar-refractivity contribution in [3.8, 4) is 0 Å². The number of aromatic nitrogens is 2. The summed E-state index contributed by atoms with van der Waals surface area (Å²) in [7, 11) is 0. The fourth-order valence-electron chi connectivity index (χ4n) is 2.03. The predicted octanol–water partition coefficient (Wildman–Crippen LogP) is 1.80. The molecule has 1 aliphatic heterocycles. The number of nitrogens with zero attached hydrogens (tertiary/aromatic N) is 2. The number of hydrogen-bond acceptors (Lipinski definition) is 3. The Bertz CT molecular complexity index is 344. The second kappa shape index (κ2) is 3.52. The van der Waals surface area contributed by atoms with E-state index in [0.29, 0.717) is 0 Å². The maximum atomic E-state index is 6.08. The molecule has 2 aliphatic rings. The van der Waals surface area contributed by atoms with Gasteiger partial charge in [-0.05, 0) is 38.2 Å². The van der Waals surface area contributed by atoms with Crippen molar-refractivity contribution in [3.63, 3.8) is 0 Å². The van der Waals surface area contributed by atoms with Gasteiger partial charge in [0.2, 0.25) is 0 Å². The van der Waals surface area contributed by atoms with E-state index >= 15 is 0 Å². The minimum atomic E-state index is 0.164. The molecule has 1 aromatic rings. The zero-order chi connectivity index (χ0) is 10.3. The van der Waals surface area contributed by atoms with E-state index < -0.39 is 0 Å². The van der Waals surface area contributed by atoms with Gasteiger partial charge in [-0.25, -0.2) is 0 Å². The third-order valence-corrected chi connectivity index (χ3v) is 4.45. The van der Waals surface area contributed by atoms with Crippen LogP contribution in [0.4, 0.5) is 0 Å². The molecule has 3 rings (SSSR count). The first kappa shape index (κ1) is 9.73. The Labute approximate surface area is 94.4 Å². The van der Waals surface area contributed by atoms with Crippen molar-refractivity contribution < 1.29 is 0 Å². The summed E-state index contributed by atoms with van der Waals surface area (Å²) in [5.74, 6) is 1.24. The third kappa shape index (κ3) is 2.06. The van der Waals surface area contributed by atoms with Gasteiger partial charge in [-0.1, -0.05) is 0 Å². The molecule has 1 aliphatic carbocycles. The molecule has 2 N–H and O–H groups in total. The van der Waals surface area contributed by atoms with Gasteiger partial charge in [0, 0.05) is 17.8 Å². The van der Waals surface area contributed by atoms with Crippen LogP contribution in [0.15, 0.2) is 11.1 Å². The topological polar surface area (TPSA) is 43.8 Å². The van der Waals surface area contributed by atoms with Gasteiger partial charge in [0.1, 0.15) is 0 Å². The highest BCUT2D eigenvalue weighted by atomic mass is 32.2. The van der Waals surface area contributed by atoms with Crippen LogP contribution in [-0.2, 0) is 13.0 Å². The molecule has 82 valence electrons. The Morgan fingerprint density at radius 3 is 3.13 bits per heavy atom. The number of rotatable bonds is 3. The monoisotopic (exact) mass is 223 g/mol. The van der Waals surface area contributed by atoms with Gasteiger partial charge in [0.05, 0.1) is 10.7 Å². The molecule has 0 amide bonds. The summed E-state index contributed by atoms with van der Waals surface area (Å²) < 4.78 is 2.15. The van der Waals surface area contributed by atoms with Crippen molar-refractivity contribution in [3.05, 3.63) is 11.8 Å². The van der Waals surface area contributed by atoms with Gasteiger partial charge in [0.15, 0.2) is 0 Å². The quantitative estimate of drug-likeness (QED) is 0.850. The zero-order valence-electron chi connectivity index (χ0n) is 8.91. The average Bonchev–Trinajstić information content (AvgIpc) is 2.83. The lowest BCUT2D eigenvalue weighted by Crippen LogP contribution is -2.22. The Morgan fingerprint density at radius 1 is 1.53 bits per heavy atom. The molecule has 0 atom stereocenters. The molecule has 0 spiro atoms. The van der Waals surface area contributed by atoms with E-state index in [-0.39, 0.29) is 5.54 Å². The van der Waals surface area contributed by atoms with Gasteiger partial charge < -0.3 is 5.73 Å². The maximum Gasteiger partial charge on any atom is 0.0942 e. The van der Waals surface area contributed by atoms with E-state index in [4.69, 9.17) is 5.73 Å². The Morgan fingerprint density at radius 2 is 2.40 bits per heavy atom. The molecule has 0 bridgehead atoms. The van der Waals surface area contributed by atoms with Crippen LogP contribution in [0.5, 0.6) is 0 Å². The standard InChI is InChI=1S/C11H17N3S/c12-11(4-5-11)3-2-9-8-10-14(13-9)6-1-7-15-10/h8H,1-7,12H2. The van der Waals surface area contributed by atoms with Crippen LogP contribution in [0.1, 0.15) is 31.4 Å². The SMILES string of the molecule is NC1(CCc2cc3n(n2)CCCS3)CC1. The van der Waals surface area contributed by atoms with Crippen LogP contribution in [0.3, 0.4) is 0 Å². The maximum absolute atomic E-state index is 6.08. The molecule has 2 heterocycles. The Kier molecular flexibility index (Phi) is 2.29. The van der Waals surface area contributed by atoms with Crippen molar-refractivity contribution in [2.24, 2.45) is 5.73 Å². The van der Waals surface area contributed by atoms with Gasteiger partial charge in [-0.3, -0.25) is 4.68 Å². The normalized spacial score (nSPS) is 22.5. The third-order valence-electron chi connectivity index (χ3n) is 3.33. The number of thioether (sulfide) groups is 1. The summed E-state index contributed by atoms with van der Waals surface area (Å²) >= 11 is 1.93. The van der Waals surface area contributed by atoms with Crippen molar-refractivity contribution in [2.45, 2.75) is 49.2 Å². The molecular weight excluding hydrogens is 206 g/mol.